The van der Waals surface area contributed by atoms with Crippen LogP contribution in [0.3, 0.4) is 0 Å². The van der Waals surface area contributed by atoms with Crippen LogP contribution >= 0.6 is 0 Å². The zero-order valence-corrected chi connectivity index (χ0v) is 11.0. The quantitative estimate of drug-likeness (QED) is 0.834. The number of hydrogen-bond donors (Lipinski definition) is 2. The van der Waals surface area contributed by atoms with E-state index in [1.807, 2.05) is 38.2 Å². The van der Waals surface area contributed by atoms with Crippen molar-refractivity contribution < 1.29 is 4.79 Å². The lowest BCUT2D eigenvalue weighted by Gasteiger charge is -2.12. The Morgan fingerprint density at radius 1 is 1.42 bits per heavy atom. The molecule has 1 aromatic heterocycles. The summed E-state index contributed by atoms with van der Waals surface area (Å²) in [7, 11) is 1.82. The molecule has 1 amide bonds. The summed E-state index contributed by atoms with van der Waals surface area (Å²) in [5.41, 5.74) is 7.84. The Labute approximate surface area is 111 Å². The number of benzene rings is 1. The molecular formula is C13H17N5O. The third-order valence-electron chi connectivity index (χ3n) is 2.94. The van der Waals surface area contributed by atoms with Gasteiger partial charge in [0, 0.05) is 7.05 Å². The molecule has 0 spiro atoms. The van der Waals surface area contributed by atoms with E-state index in [-0.39, 0.29) is 5.91 Å². The maximum absolute atomic E-state index is 11.9. The molecule has 3 N–H and O–H groups in total. The molecule has 6 heteroatoms. The average molecular weight is 259 g/mol. The highest BCUT2D eigenvalue weighted by Gasteiger charge is 2.15. The van der Waals surface area contributed by atoms with E-state index >= 15 is 0 Å². The maximum atomic E-state index is 11.9. The van der Waals surface area contributed by atoms with Crippen LogP contribution in [0.2, 0.25) is 0 Å². The highest BCUT2D eigenvalue weighted by Crippen LogP contribution is 2.11. The van der Waals surface area contributed by atoms with Crippen molar-refractivity contribution in [1.82, 2.24) is 20.1 Å². The molecule has 1 atom stereocenters. The molecule has 0 saturated carbocycles. The van der Waals surface area contributed by atoms with Crippen molar-refractivity contribution in [3.8, 4) is 0 Å². The van der Waals surface area contributed by atoms with E-state index in [0.717, 1.165) is 11.1 Å². The van der Waals surface area contributed by atoms with Gasteiger partial charge >= 0.3 is 0 Å². The Bertz CT molecular complexity index is 561. The second kappa shape index (κ2) is 5.62. The third-order valence-corrected chi connectivity index (χ3v) is 2.94. The van der Waals surface area contributed by atoms with Crippen LogP contribution in [0.4, 0.5) is 0 Å². The molecule has 2 aromatic rings. The fourth-order valence-electron chi connectivity index (χ4n) is 1.67. The Kier molecular flexibility index (Phi) is 3.91. The number of nitrogens with one attached hydrogen (secondary N) is 1. The Morgan fingerprint density at radius 3 is 2.68 bits per heavy atom. The molecule has 19 heavy (non-hydrogen) atoms. The SMILES string of the molecule is Cc1ccc(C(N)C(=O)NCc2nncn2C)cc1. The second-order valence-corrected chi connectivity index (χ2v) is 4.46. The molecule has 0 aliphatic carbocycles. The van der Waals surface area contributed by atoms with E-state index in [0.29, 0.717) is 12.4 Å². The number of nitrogens with two attached hydrogens (primary N) is 1. The predicted molar refractivity (Wildman–Crippen MR) is 71.0 cm³/mol. The molecule has 0 saturated heterocycles. The number of aryl methyl sites for hydroxylation is 2. The van der Waals surface area contributed by atoms with Gasteiger partial charge < -0.3 is 15.6 Å². The molecule has 0 bridgehead atoms. The molecule has 6 nitrogen and oxygen atoms in total. The van der Waals surface area contributed by atoms with Crippen LogP contribution in [0.5, 0.6) is 0 Å². The Morgan fingerprint density at radius 2 is 2.11 bits per heavy atom. The standard InChI is InChI=1S/C13H17N5O/c1-9-3-5-10(6-4-9)12(14)13(19)15-7-11-17-16-8-18(11)2/h3-6,8,12H,7,14H2,1-2H3,(H,15,19). The van der Waals surface area contributed by atoms with Crippen molar-refractivity contribution in [1.29, 1.82) is 0 Å². The van der Waals surface area contributed by atoms with Crippen molar-refractivity contribution in [3.05, 3.63) is 47.5 Å². The van der Waals surface area contributed by atoms with Gasteiger partial charge in [0.05, 0.1) is 6.54 Å². The Balaban J connectivity index is 1.96. The first kappa shape index (κ1) is 13.2. The molecule has 0 fully saturated rings. The van der Waals surface area contributed by atoms with Crippen LogP contribution in [-0.4, -0.2) is 20.7 Å². The van der Waals surface area contributed by atoms with Crippen LogP contribution in [0.1, 0.15) is 23.0 Å². The van der Waals surface area contributed by atoms with Crippen LogP contribution in [-0.2, 0) is 18.4 Å². The number of carbonyl (C=O) groups excluding carboxylic acids is 1. The number of aromatic nitrogens is 3. The summed E-state index contributed by atoms with van der Waals surface area (Å²) in [5.74, 6) is 0.455. The zero-order valence-electron chi connectivity index (χ0n) is 11.0. The van der Waals surface area contributed by atoms with Gasteiger partial charge in [-0.2, -0.15) is 0 Å². The first-order valence-electron chi connectivity index (χ1n) is 6.00. The summed E-state index contributed by atoms with van der Waals surface area (Å²) in [6.45, 7) is 2.30. The normalized spacial score (nSPS) is 12.2. The zero-order chi connectivity index (χ0) is 13.8. The van der Waals surface area contributed by atoms with Gasteiger partial charge in [-0.05, 0) is 12.5 Å². The largest absolute Gasteiger partial charge is 0.347 e. The van der Waals surface area contributed by atoms with Crippen molar-refractivity contribution in [3.63, 3.8) is 0 Å². The van der Waals surface area contributed by atoms with Gasteiger partial charge in [0.1, 0.15) is 12.4 Å². The molecular weight excluding hydrogens is 242 g/mol. The van der Waals surface area contributed by atoms with E-state index in [2.05, 4.69) is 15.5 Å². The molecule has 100 valence electrons. The van der Waals surface area contributed by atoms with Crippen molar-refractivity contribution in [2.75, 3.05) is 0 Å². The fraction of sp³-hybridized carbons (Fsp3) is 0.308. The molecule has 1 aromatic carbocycles. The van der Waals surface area contributed by atoms with Gasteiger partial charge in [0.2, 0.25) is 5.91 Å². The smallest absolute Gasteiger partial charge is 0.241 e. The van der Waals surface area contributed by atoms with Gasteiger partial charge in [-0.1, -0.05) is 29.8 Å². The molecule has 0 aliphatic heterocycles. The minimum atomic E-state index is -0.672. The van der Waals surface area contributed by atoms with Gasteiger partial charge in [-0.3, -0.25) is 4.79 Å². The van der Waals surface area contributed by atoms with Crippen LogP contribution in [0, 0.1) is 6.92 Å². The molecule has 1 unspecified atom stereocenters. The summed E-state index contributed by atoms with van der Waals surface area (Å²) in [5, 5.41) is 10.4. The Hall–Kier alpha value is -2.21. The summed E-state index contributed by atoms with van der Waals surface area (Å²) in [6, 6.07) is 6.92. The van der Waals surface area contributed by atoms with E-state index in [4.69, 9.17) is 5.73 Å². The molecule has 2 rings (SSSR count). The topological polar surface area (TPSA) is 85.8 Å². The van der Waals surface area contributed by atoms with Crippen LogP contribution in [0.25, 0.3) is 0 Å². The molecule has 0 aliphatic rings. The van der Waals surface area contributed by atoms with Gasteiger partial charge in [0.15, 0.2) is 5.82 Å². The lowest BCUT2D eigenvalue weighted by molar-refractivity contribution is -0.122. The summed E-state index contributed by atoms with van der Waals surface area (Å²) in [6.07, 6.45) is 1.58. The third kappa shape index (κ3) is 3.17. The van der Waals surface area contributed by atoms with Gasteiger partial charge in [-0.15, -0.1) is 10.2 Å². The van der Waals surface area contributed by atoms with Crippen LogP contribution < -0.4 is 11.1 Å². The van der Waals surface area contributed by atoms with E-state index in [9.17, 15) is 4.79 Å². The maximum Gasteiger partial charge on any atom is 0.241 e. The monoisotopic (exact) mass is 259 g/mol. The molecule has 0 radical (unpaired) electrons. The van der Waals surface area contributed by atoms with E-state index in [1.165, 1.54) is 0 Å². The minimum absolute atomic E-state index is 0.230. The number of hydrogen-bond acceptors (Lipinski definition) is 4. The average Bonchev–Trinajstić information content (AvgIpc) is 2.81. The minimum Gasteiger partial charge on any atom is -0.347 e. The van der Waals surface area contributed by atoms with E-state index < -0.39 is 6.04 Å². The lowest BCUT2D eigenvalue weighted by atomic mass is 10.1. The highest BCUT2D eigenvalue weighted by atomic mass is 16.2. The van der Waals surface area contributed by atoms with Crippen molar-refractivity contribution in [2.24, 2.45) is 12.8 Å². The number of rotatable bonds is 4. The number of nitrogens with zero attached hydrogens (tertiary/aromatic N) is 3. The summed E-state index contributed by atoms with van der Waals surface area (Å²) < 4.78 is 1.75. The summed E-state index contributed by atoms with van der Waals surface area (Å²) >= 11 is 0. The lowest BCUT2D eigenvalue weighted by Crippen LogP contribution is -2.34. The van der Waals surface area contributed by atoms with Gasteiger partial charge in [-0.25, -0.2) is 0 Å². The predicted octanol–water partition coefficient (Wildman–Crippen LogP) is 0.440. The van der Waals surface area contributed by atoms with Crippen LogP contribution in [0.15, 0.2) is 30.6 Å². The second-order valence-electron chi connectivity index (χ2n) is 4.46. The highest BCUT2D eigenvalue weighted by molar-refractivity contribution is 5.82. The first-order valence-corrected chi connectivity index (χ1v) is 6.00. The number of amides is 1. The molecule has 1 heterocycles. The summed E-state index contributed by atoms with van der Waals surface area (Å²) in [4.78, 5) is 11.9. The first-order chi connectivity index (χ1) is 9.08. The fourth-order valence-corrected chi connectivity index (χ4v) is 1.67. The van der Waals surface area contributed by atoms with Crippen molar-refractivity contribution >= 4 is 5.91 Å². The van der Waals surface area contributed by atoms with E-state index in [1.54, 1.807) is 10.9 Å². The van der Waals surface area contributed by atoms with Crippen molar-refractivity contribution in [2.45, 2.75) is 19.5 Å². The number of carbonyl (C=O) groups is 1. The van der Waals surface area contributed by atoms with Gasteiger partial charge in [0.25, 0.3) is 0 Å².